The van der Waals surface area contributed by atoms with Crippen molar-refractivity contribution < 1.29 is 18.1 Å². The summed E-state index contributed by atoms with van der Waals surface area (Å²) in [6.07, 6.45) is 2.63. The third-order valence-corrected chi connectivity index (χ3v) is 5.69. The van der Waals surface area contributed by atoms with Gasteiger partial charge in [-0.1, -0.05) is 18.2 Å². The number of nitrogens with one attached hydrogen (secondary N) is 2. The zero-order valence-corrected chi connectivity index (χ0v) is 16.4. The van der Waals surface area contributed by atoms with Crippen molar-refractivity contribution in [2.24, 2.45) is 0 Å². The molecule has 0 saturated carbocycles. The number of benzene rings is 1. The fourth-order valence-electron chi connectivity index (χ4n) is 2.51. The number of ether oxygens (including phenoxy) is 1. The lowest BCUT2D eigenvalue weighted by Crippen LogP contribution is -2.31. The van der Waals surface area contributed by atoms with E-state index in [1.807, 2.05) is 39.0 Å². The van der Waals surface area contributed by atoms with Gasteiger partial charge in [0.15, 0.2) is 0 Å². The highest BCUT2D eigenvalue weighted by Crippen LogP contribution is 2.22. The first-order chi connectivity index (χ1) is 12.4. The maximum absolute atomic E-state index is 12.9. The molecule has 2 rings (SSSR count). The highest BCUT2D eigenvalue weighted by atomic mass is 32.2. The van der Waals surface area contributed by atoms with Crippen LogP contribution < -0.4 is 14.6 Å². The number of sulfonamides is 1. The van der Waals surface area contributed by atoms with Gasteiger partial charge in [0.1, 0.15) is 11.1 Å². The molecule has 0 aliphatic rings. The maximum atomic E-state index is 12.9. The van der Waals surface area contributed by atoms with Crippen LogP contribution in [0.3, 0.4) is 0 Å². The van der Waals surface area contributed by atoms with Crippen LogP contribution in [0.15, 0.2) is 53.6 Å². The van der Waals surface area contributed by atoms with E-state index in [1.165, 1.54) is 10.5 Å². The van der Waals surface area contributed by atoms with Gasteiger partial charge in [0, 0.05) is 19.0 Å². The second kappa shape index (κ2) is 9.54. The van der Waals surface area contributed by atoms with Crippen LogP contribution in [-0.4, -0.2) is 34.2 Å². The first kappa shape index (κ1) is 20.2. The molecule has 26 heavy (non-hydrogen) atoms. The second-order valence-corrected chi connectivity index (χ2v) is 8.01. The SMILES string of the molecule is CCN(c1ccccc1)S(=O)(=O)c1ccc(NCCCOC(C)C)[nH+]c1. The average Bonchev–Trinajstić information content (AvgIpc) is 2.63. The molecule has 0 aliphatic carbocycles. The van der Waals surface area contributed by atoms with Crippen molar-refractivity contribution in [3.8, 4) is 0 Å². The summed E-state index contributed by atoms with van der Waals surface area (Å²) >= 11 is 0. The topological polar surface area (TPSA) is 72.8 Å². The third-order valence-electron chi connectivity index (χ3n) is 3.79. The Labute approximate surface area is 156 Å². The highest BCUT2D eigenvalue weighted by Gasteiger charge is 2.24. The van der Waals surface area contributed by atoms with Crippen LogP contribution in [0.5, 0.6) is 0 Å². The summed E-state index contributed by atoms with van der Waals surface area (Å²) < 4.78 is 32.7. The third kappa shape index (κ3) is 5.44. The van der Waals surface area contributed by atoms with Gasteiger partial charge in [-0.3, -0.25) is 9.62 Å². The Hall–Kier alpha value is -2.12. The van der Waals surface area contributed by atoms with Gasteiger partial charge in [0.05, 0.1) is 24.9 Å². The number of aromatic nitrogens is 1. The minimum atomic E-state index is -3.61. The van der Waals surface area contributed by atoms with E-state index in [4.69, 9.17) is 4.74 Å². The van der Waals surface area contributed by atoms with Gasteiger partial charge in [-0.2, -0.15) is 0 Å². The summed E-state index contributed by atoms with van der Waals surface area (Å²) in [5.74, 6) is 0.774. The fraction of sp³-hybridized carbons (Fsp3) is 0.421. The van der Waals surface area contributed by atoms with Crippen molar-refractivity contribution in [1.29, 1.82) is 0 Å². The van der Waals surface area contributed by atoms with Crippen LogP contribution in [0.2, 0.25) is 0 Å². The number of rotatable bonds is 10. The van der Waals surface area contributed by atoms with Gasteiger partial charge >= 0.3 is 0 Å². The molecule has 1 aromatic heterocycles. The summed E-state index contributed by atoms with van der Waals surface area (Å²) in [5, 5.41) is 3.23. The van der Waals surface area contributed by atoms with Gasteiger partial charge in [0.2, 0.25) is 0 Å². The van der Waals surface area contributed by atoms with Crippen LogP contribution in [0.25, 0.3) is 0 Å². The summed E-state index contributed by atoms with van der Waals surface area (Å²) in [6, 6.07) is 12.5. The molecule has 1 aromatic carbocycles. The number of nitrogens with zero attached hydrogens (tertiary/aromatic N) is 1. The molecule has 2 aromatic rings. The normalized spacial score (nSPS) is 11.5. The van der Waals surface area contributed by atoms with E-state index in [9.17, 15) is 8.42 Å². The minimum absolute atomic E-state index is 0.233. The molecule has 0 radical (unpaired) electrons. The number of H-pyrrole nitrogens is 1. The van der Waals surface area contributed by atoms with E-state index < -0.39 is 10.0 Å². The zero-order valence-electron chi connectivity index (χ0n) is 15.6. The number of pyridine rings is 1. The largest absolute Gasteiger partial charge is 0.379 e. The van der Waals surface area contributed by atoms with Crippen molar-refractivity contribution in [2.45, 2.75) is 38.2 Å². The molecule has 0 bridgehead atoms. The van der Waals surface area contributed by atoms with Crippen LogP contribution in [0.1, 0.15) is 27.2 Å². The molecular formula is C19H28N3O3S+. The molecule has 0 saturated heterocycles. The number of para-hydroxylation sites is 1. The second-order valence-electron chi connectivity index (χ2n) is 6.14. The minimum Gasteiger partial charge on any atom is -0.379 e. The quantitative estimate of drug-likeness (QED) is 0.645. The Bertz CT molecular complexity index is 762. The molecule has 7 heteroatoms. The maximum Gasteiger partial charge on any atom is 0.272 e. The fourth-order valence-corrected chi connectivity index (χ4v) is 3.95. The molecular weight excluding hydrogens is 350 g/mol. The van der Waals surface area contributed by atoms with Crippen LogP contribution in [0.4, 0.5) is 11.5 Å². The van der Waals surface area contributed by atoms with Crippen molar-refractivity contribution in [2.75, 3.05) is 29.3 Å². The number of aromatic amines is 1. The predicted molar refractivity (Wildman–Crippen MR) is 104 cm³/mol. The number of hydrogen-bond donors (Lipinski definition) is 1. The first-order valence-corrected chi connectivity index (χ1v) is 10.3. The Kier molecular flexibility index (Phi) is 7.41. The van der Waals surface area contributed by atoms with Gasteiger partial charge in [-0.05, 0) is 39.0 Å². The lowest BCUT2D eigenvalue weighted by atomic mass is 10.3. The van der Waals surface area contributed by atoms with E-state index in [0.717, 1.165) is 18.8 Å². The standard InChI is InChI=1S/C19H27N3O3S/c1-4-22(17-9-6-5-7-10-17)26(23,24)18-11-12-19(21-15-18)20-13-8-14-25-16(2)3/h5-7,9-12,15-16H,4,8,13-14H2,1-3H3,(H,20,21)/p+1. The molecule has 0 aliphatic heterocycles. The Morgan fingerprint density at radius 1 is 1.15 bits per heavy atom. The number of anilines is 2. The van der Waals surface area contributed by atoms with E-state index in [-0.39, 0.29) is 11.0 Å². The molecule has 0 fully saturated rings. The van der Waals surface area contributed by atoms with E-state index in [2.05, 4.69) is 10.3 Å². The summed E-state index contributed by atoms with van der Waals surface area (Å²) in [5.41, 5.74) is 0.655. The van der Waals surface area contributed by atoms with E-state index in [1.54, 1.807) is 24.3 Å². The van der Waals surface area contributed by atoms with Crippen LogP contribution >= 0.6 is 0 Å². The highest BCUT2D eigenvalue weighted by molar-refractivity contribution is 7.92. The molecule has 142 valence electrons. The van der Waals surface area contributed by atoms with Crippen molar-refractivity contribution in [3.63, 3.8) is 0 Å². The summed E-state index contributed by atoms with van der Waals surface area (Å²) in [7, 11) is -3.61. The average molecular weight is 379 g/mol. The molecule has 0 atom stereocenters. The summed E-state index contributed by atoms with van der Waals surface area (Å²) in [4.78, 5) is 3.25. The Morgan fingerprint density at radius 2 is 1.88 bits per heavy atom. The van der Waals surface area contributed by atoms with E-state index >= 15 is 0 Å². The molecule has 0 spiro atoms. The van der Waals surface area contributed by atoms with Crippen molar-refractivity contribution in [3.05, 3.63) is 48.7 Å². The van der Waals surface area contributed by atoms with Crippen LogP contribution in [0, 0.1) is 0 Å². The van der Waals surface area contributed by atoms with Crippen molar-refractivity contribution >= 4 is 21.5 Å². The van der Waals surface area contributed by atoms with Crippen molar-refractivity contribution in [1.82, 2.24) is 0 Å². The monoisotopic (exact) mass is 378 g/mol. The lowest BCUT2D eigenvalue weighted by molar-refractivity contribution is -0.364. The first-order valence-electron chi connectivity index (χ1n) is 8.90. The number of hydrogen-bond acceptors (Lipinski definition) is 4. The smallest absolute Gasteiger partial charge is 0.272 e. The van der Waals surface area contributed by atoms with E-state index in [0.29, 0.717) is 18.8 Å². The zero-order chi connectivity index (χ0) is 19.0. The van der Waals surface area contributed by atoms with Crippen LogP contribution in [-0.2, 0) is 14.8 Å². The van der Waals surface area contributed by atoms with Gasteiger partial charge in [0.25, 0.3) is 15.8 Å². The molecule has 0 unspecified atom stereocenters. The van der Waals surface area contributed by atoms with Gasteiger partial charge in [-0.25, -0.2) is 13.4 Å². The molecule has 2 N–H and O–H groups in total. The predicted octanol–water partition coefficient (Wildman–Crippen LogP) is 2.94. The Morgan fingerprint density at radius 3 is 2.46 bits per heavy atom. The van der Waals surface area contributed by atoms with Gasteiger partial charge in [-0.15, -0.1) is 0 Å². The molecule has 6 nitrogen and oxygen atoms in total. The Balaban J connectivity index is 2.02. The lowest BCUT2D eigenvalue weighted by Gasteiger charge is -2.22. The summed E-state index contributed by atoms with van der Waals surface area (Å²) in [6.45, 7) is 7.65. The molecule has 0 amide bonds. The van der Waals surface area contributed by atoms with Gasteiger partial charge < -0.3 is 4.74 Å². The molecule has 1 heterocycles.